The number of hydrogen-bond acceptors (Lipinski definition) is 5. The van der Waals surface area contributed by atoms with E-state index in [1.165, 1.54) is 4.90 Å². The SMILES string of the molecule is O=C(CCN1C(=O)[C@H]2CCCC[C@@H]2C1=O)NCCc1ccc2c(c1)OCCO2. The van der Waals surface area contributed by atoms with Crippen molar-refractivity contribution in [1.29, 1.82) is 0 Å². The number of amides is 3. The van der Waals surface area contributed by atoms with Crippen LogP contribution in [0.15, 0.2) is 18.2 Å². The largest absolute Gasteiger partial charge is 0.486 e. The first kappa shape index (κ1) is 18.8. The van der Waals surface area contributed by atoms with Crippen molar-refractivity contribution in [2.75, 3.05) is 26.3 Å². The molecule has 3 aliphatic rings. The predicted molar refractivity (Wildman–Crippen MR) is 101 cm³/mol. The Morgan fingerprint density at radius 1 is 1.04 bits per heavy atom. The molecule has 2 fully saturated rings. The summed E-state index contributed by atoms with van der Waals surface area (Å²) in [7, 11) is 0. The molecule has 1 aromatic carbocycles. The number of hydrogen-bond donors (Lipinski definition) is 1. The first-order chi connectivity index (χ1) is 13.6. The number of carbonyl (C=O) groups excluding carboxylic acids is 3. The van der Waals surface area contributed by atoms with Gasteiger partial charge in [-0.15, -0.1) is 0 Å². The van der Waals surface area contributed by atoms with Crippen molar-refractivity contribution in [3.05, 3.63) is 23.8 Å². The van der Waals surface area contributed by atoms with E-state index >= 15 is 0 Å². The van der Waals surface area contributed by atoms with Crippen LogP contribution in [0.3, 0.4) is 0 Å². The van der Waals surface area contributed by atoms with E-state index in [1.807, 2.05) is 18.2 Å². The number of fused-ring (bicyclic) bond motifs is 2. The van der Waals surface area contributed by atoms with Crippen LogP contribution in [0.5, 0.6) is 11.5 Å². The van der Waals surface area contributed by atoms with E-state index < -0.39 is 0 Å². The molecule has 0 aromatic heterocycles. The summed E-state index contributed by atoms with van der Waals surface area (Å²) in [5.74, 6) is 0.867. The molecule has 1 N–H and O–H groups in total. The van der Waals surface area contributed by atoms with Crippen LogP contribution in [0.2, 0.25) is 0 Å². The highest BCUT2D eigenvalue weighted by molar-refractivity contribution is 6.05. The predicted octanol–water partition coefficient (Wildman–Crippen LogP) is 1.68. The second-order valence-corrected chi connectivity index (χ2v) is 7.65. The second kappa shape index (κ2) is 8.20. The molecule has 2 heterocycles. The van der Waals surface area contributed by atoms with Gasteiger partial charge in [-0.1, -0.05) is 18.9 Å². The normalized spacial score (nSPS) is 23.5. The standard InChI is InChI=1S/C21H26N2O5/c24-19(8-10-23-20(25)15-3-1-2-4-16(15)21(23)26)22-9-7-14-5-6-17-18(13-14)28-12-11-27-17/h5-6,13,15-16H,1-4,7-12H2,(H,22,24)/t15-,16-/m0/s1. The van der Waals surface area contributed by atoms with Gasteiger partial charge in [0.15, 0.2) is 11.5 Å². The zero-order valence-corrected chi connectivity index (χ0v) is 15.9. The minimum Gasteiger partial charge on any atom is -0.486 e. The summed E-state index contributed by atoms with van der Waals surface area (Å²) in [6.07, 6.45) is 4.44. The number of imide groups is 1. The molecule has 0 spiro atoms. The van der Waals surface area contributed by atoms with Crippen LogP contribution < -0.4 is 14.8 Å². The zero-order valence-electron chi connectivity index (χ0n) is 15.9. The van der Waals surface area contributed by atoms with E-state index in [1.54, 1.807) is 0 Å². The molecular formula is C21H26N2O5. The van der Waals surface area contributed by atoms with Crippen LogP contribution in [0.4, 0.5) is 0 Å². The van der Waals surface area contributed by atoms with Gasteiger partial charge in [0.05, 0.1) is 11.8 Å². The van der Waals surface area contributed by atoms with Gasteiger partial charge < -0.3 is 14.8 Å². The van der Waals surface area contributed by atoms with Crippen molar-refractivity contribution < 1.29 is 23.9 Å². The van der Waals surface area contributed by atoms with Crippen molar-refractivity contribution in [1.82, 2.24) is 10.2 Å². The molecule has 0 radical (unpaired) electrons. The molecule has 1 saturated carbocycles. The number of nitrogens with zero attached hydrogens (tertiary/aromatic N) is 1. The van der Waals surface area contributed by atoms with Crippen molar-refractivity contribution in [3.8, 4) is 11.5 Å². The van der Waals surface area contributed by atoms with Crippen LogP contribution in [-0.4, -0.2) is 48.9 Å². The molecule has 150 valence electrons. The Balaban J connectivity index is 1.22. The van der Waals surface area contributed by atoms with Gasteiger partial charge in [0.1, 0.15) is 13.2 Å². The lowest BCUT2D eigenvalue weighted by atomic mass is 9.81. The third kappa shape index (κ3) is 3.84. The fraction of sp³-hybridized carbons (Fsp3) is 0.571. The summed E-state index contributed by atoms with van der Waals surface area (Å²) < 4.78 is 11.1. The van der Waals surface area contributed by atoms with E-state index in [0.29, 0.717) is 26.2 Å². The minimum atomic E-state index is -0.153. The van der Waals surface area contributed by atoms with Crippen LogP contribution in [0.1, 0.15) is 37.7 Å². The smallest absolute Gasteiger partial charge is 0.233 e. The fourth-order valence-electron chi connectivity index (χ4n) is 4.34. The molecule has 2 atom stereocenters. The van der Waals surface area contributed by atoms with Gasteiger partial charge in [-0.05, 0) is 37.0 Å². The maximum Gasteiger partial charge on any atom is 0.233 e. The van der Waals surface area contributed by atoms with E-state index in [2.05, 4.69) is 5.32 Å². The third-order valence-corrected chi connectivity index (χ3v) is 5.84. The lowest BCUT2D eigenvalue weighted by Crippen LogP contribution is -2.35. The molecular weight excluding hydrogens is 360 g/mol. The summed E-state index contributed by atoms with van der Waals surface area (Å²) in [6, 6.07) is 5.78. The van der Waals surface area contributed by atoms with Crippen molar-refractivity contribution >= 4 is 17.7 Å². The van der Waals surface area contributed by atoms with Gasteiger partial charge in [0, 0.05) is 19.5 Å². The van der Waals surface area contributed by atoms with Crippen LogP contribution in [-0.2, 0) is 20.8 Å². The summed E-state index contributed by atoms with van der Waals surface area (Å²) in [6.45, 7) is 1.78. The van der Waals surface area contributed by atoms with Gasteiger partial charge in [-0.3, -0.25) is 19.3 Å². The summed E-state index contributed by atoms with van der Waals surface area (Å²) in [5.41, 5.74) is 1.05. The van der Waals surface area contributed by atoms with Crippen LogP contribution in [0, 0.1) is 11.8 Å². The molecule has 28 heavy (non-hydrogen) atoms. The monoisotopic (exact) mass is 386 g/mol. The van der Waals surface area contributed by atoms with Gasteiger partial charge in [0.2, 0.25) is 17.7 Å². The summed E-state index contributed by atoms with van der Waals surface area (Å²) >= 11 is 0. The molecule has 7 heteroatoms. The lowest BCUT2D eigenvalue weighted by Gasteiger charge is -2.19. The van der Waals surface area contributed by atoms with Crippen molar-refractivity contribution in [3.63, 3.8) is 0 Å². The number of likely N-dealkylation sites (tertiary alicyclic amines) is 1. The van der Waals surface area contributed by atoms with Crippen molar-refractivity contribution in [2.24, 2.45) is 11.8 Å². The summed E-state index contributed by atoms with van der Waals surface area (Å²) in [4.78, 5) is 38.3. The Labute approximate surface area is 164 Å². The lowest BCUT2D eigenvalue weighted by molar-refractivity contribution is -0.140. The third-order valence-electron chi connectivity index (χ3n) is 5.84. The molecule has 4 rings (SSSR count). The van der Waals surface area contributed by atoms with Gasteiger partial charge in [-0.25, -0.2) is 0 Å². The Kier molecular flexibility index (Phi) is 5.50. The Morgan fingerprint density at radius 2 is 1.71 bits per heavy atom. The van der Waals surface area contributed by atoms with E-state index in [0.717, 1.165) is 42.7 Å². The number of rotatable bonds is 6. The molecule has 3 amide bonds. The van der Waals surface area contributed by atoms with Crippen LogP contribution >= 0.6 is 0 Å². The first-order valence-electron chi connectivity index (χ1n) is 10.1. The first-order valence-corrected chi connectivity index (χ1v) is 10.1. The molecule has 1 aliphatic carbocycles. The molecule has 0 bridgehead atoms. The average Bonchev–Trinajstić information content (AvgIpc) is 2.97. The molecule has 2 aliphatic heterocycles. The Bertz CT molecular complexity index is 754. The Morgan fingerprint density at radius 3 is 2.43 bits per heavy atom. The van der Waals surface area contributed by atoms with Gasteiger partial charge in [-0.2, -0.15) is 0 Å². The number of ether oxygens (including phenoxy) is 2. The zero-order chi connectivity index (χ0) is 19.5. The van der Waals surface area contributed by atoms with E-state index in [-0.39, 0.29) is 42.5 Å². The maximum atomic E-state index is 12.4. The fourth-order valence-corrected chi connectivity index (χ4v) is 4.34. The summed E-state index contributed by atoms with van der Waals surface area (Å²) in [5, 5.41) is 2.87. The molecule has 0 unspecified atom stereocenters. The van der Waals surface area contributed by atoms with Gasteiger partial charge >= 0.3 is 0 Å². The maximum absolute atomic E-state index is 12.4. The Hall–Kier alpha value is -2.57. The number of nitrogens with one attached hydrogen (secondary N) is 1. The number of benzene rings is 1. The van der Waals surface area contributed by atoms with Crippen LogP contribution in [0.25, 0.3) is 0 Å². The van der Waals surface area contributed by atoms with Crippen molar-refractivity contribution in [2.45, 2.75) is 38.5 Å². The average molecular weight is 386 g/mol. The molecule has 1 saturated heterocycles. The van der Waals surface area contributed by atoms with E-state index in [9.17, 15) is 14.4 Å². The van der Waals surface area contributed by atoms with Gasteiger partial charge in [0.25, 0.3) is 0 Å². The van der Waals surface area contributed by atoms with E-state index in [4.69, 9.17) is 9.47 Å². The highest BCUT2D eigenvalue weighted by Crippen LogP contribution is 2.38. The topological polar surface area (TPSA) is 84.9 Å². The molecule has 7 nitrogen and oxygen atoms in total. The number of carbonyl (C=O) groups is 3. The molecule has 1 aromatic rings. The highest BCUT2D eigenvalue weighted by atomic mass is 16.6. The quantitative estimate of drug-likeness (QED) is 0.752. The minimum absolute atomic E-state index is 0.0845. The highest BCUT2D eigenvalue weighted by Gasteiger charge is 2.47. The second-order valence-electron chi connectivity index (χ2n) is 7.65.